The van der Waals surface area contributed by atoms with Crippen LogP contribution in [0.3, 0.4) is 0 Å². The van der Waals surface area contributed by atoms with Crippen LogP contribution in [0.5, 0.6) is 0 Å². The molecule has 0 radical (unpaired) electrons. The number of aromatic nitrogens is 4. The van der Waals surface area contributed by atoms with Crippen molar-refractivity contribution in [3.05, 3.63) is 47.0 Å². The number of fused-ring (bicyclic) bond motifs is 1. The van der Waals surface area contributed by atoms with Gasteiger partial charge >= 0.3 is 0 Å². The Hall–Kier alpha value is -3.07. The Morgan fingerprint density at radius 1 is 1.33 bits per heavy atom. The number of hydrogen-bond donors (Lipinski definition) is 1. The monoisotopic (exact) mass is 327 g/mol. The summed E-state index contributed by atoms with van der Waals surface area (Å²) in [7, 11) is 3.95. The predicted octanol–water partition coefficient (Wildman–Crippen LogP) is 1.70. The zero-order valence-electron chi connectivity index (χ0n) is 13.4. The van der Waals surface area contributed by atoms with Gasteiger partial charge in [0.05, 0.1) is 10.4 Å². The first-order valence-electron chi connectivity index (χ1n) is 7.38. The van der Waals surface area contributed by atoms with E-state index < -0.39 is 4.92 Å². The van der Waals surface area contributed by atoms with Crippen LogP contribution in [-0.2, 0) is 0 Å². The molecular formula is C15H17N7O2. The molecule has 3 rings (SSSR count). The highest BCUT2D eigenvalue weighted by Gasteiger charge is 2.13. The topological polar surface area (TPSA) is 102 Å². The fourth-order valence-corrected chi connectivity index (χ4v) is 2.24. The summed E-state index contributed by atoms with van der Waals surface area (Å²) in [6.07, 6.45) is 4.99. The van der Waals surface area contributed by atoms with Gasteiger partial charge in [-0.15, -0.1) is 0 Å². The number of imidazole rings is 1. The summed E-state index contributed by atoms with van der Waals surface area (Å²) in [4.78, 5) is 25.6. The molecule has 0 spiro atoms. The van der Waals surface area contributed by atoms with E-state index in [-0.39, 0.29) is 5.69 Å². The van der Waals surface area contributed by atoms with Gasteiger partial charge in [0.1, 0.15) is 12.1 Å². The number of benzene rings is 1. The highest BCUT2D eigenvalue weighted by atomic mass is 16.6. The molecule has 0 bridgehead atoms. The van der Waals surface area contributed by atoms with Crippen LogP contribution >= 0.6 is 0 Å². The van der Waals surface area contributed by atoms with Crippen LogP contribution in [0.4, 0.5) is 11.5 Å². The van der Waals surface area contributed by atoms with E-state index in [2.05, 4.69) is 20.3 Å². The van der Waals surface area contributed by atoms with Crippen molar-refractivity contribution in [2.45, 2.75) is 0 Å². The third-order valence-corrected chi connectivity index (χ3v) is 3.47. The number of nitrogens with zero attached hydrogens (tertiary/aromatic N) is 6. The Bertz CT molecular complexity index is 862. The average Bonchev–Trinajstić information content (AvgIpc) is 3.08. The van der Waals surface area contributed by atoms with E-state index in [1.165, 1.54) is 12.1 Å². The first kappa shape index (κ1) is 15.8. The number of non-ortho nitro benzene ring substituents is 1. The third kappa shape index (κ3) is 3.30. The van der Waals surface area contributed by atoms with Crippen LogP contribution in [0.2, 0.25) is 0 Å². The molecule has 0 amide bonds. The van der Waals surface area contributed by atoms with E-state index in [1.54, 1.807) is 29.4 Å². The van der Waals surface area contributed by atoms with Gasteiger partial charge in [0.15, 0.2) is 0 Å². The number of nitro groups is 1. The molecule has 0 fully saturated rings. The number of nitro benzene ring substituents is 1. The lowest BCUT2D eigenvalue weighted by molar-refractivity contribution is -0.384. The SMILES string of the molecule is CN(C)CCNc1nc(-n2ccnc2)nc2ccc([N+](=O)[O-])cc12. The Labute approximate surface area is 138 Å². The van der Waals surface area contributed by atoms with Gasteiger partial charge in [-0.1, -0.05) is 0 Å². The number of rotatable bonds is 6. The van der Waals surface area contributed by atoms with Crippen molar-refractivity contribution in [1.82, 2.24) is 24.4 Å². The minimum Gasteiger partial charge on any atom is -0.368 e. The van der Waals surface area contributed by atoms with Gasteiger partial charge in [-0.3, -0.25) is 14.7 Å². The van der Waals surface area contributed by atoms with Gasteiger partial charge in [-0.25, -0.2) is 9.97 Å². The van der Waals surface area contributed by atoms with E-state index in [4.69, 9.17) is 0 Å². The lowest BCUT2D eigenvalue weighted by Gasteiger charge is -2.13. The van der Waals surface area contributed by atoms with Crippen molar-refractivity contribution in [2.75, 3.05) is 32.5 Å². The summed E-state index contributed by atoms with van der Waals surface area (Å²) in [6.45, 7) is 1.46. The molecule has 0 saturated heterocycles. The zero-order chi connectivity index (χ0) is 17.1. The summed E-state index contributed by atoms with van der Waals surface area (Å²) < 4.78 is 1.69. The molecule has 0 saturated carbocycles. The third-order valence-electron chi connectivity index (χ3n) is 3.47. The van der Waals surface area contributed by atoms with E-state index >= 15 is 0 Å². The molecule has 0 aliphatic heterocycles. The second-order valence-corrected chi connectivity index (χ2v) is 5.53. The molecule has 0 aliphatic carbocycles. The van der Waals surface area contributed by atoms with Crippen molar-refractivity contribution in [1.29, 1.82) is 0 Å². The van der Waals surface area contributed by atoms with E-state index in [0.717, 1.165) is 6.54 Å². The summed E-state index contributed by atoms with van der Waals surface area (Å²) in [5.74, 6) is 1.02. The fraction of sp³-hybridized carbons (Fsp3) is 0.267. The summed E-state index contributed by atoms with van der Waals surface area (Å²) >= 11 is 0. The van der Waals surface area contributed by atoms with Crippen LogP contribution in [-0.4, -0.2) is 56.5 Å². The zero-order valence-corrected chi connectivity index (χ0v) is 13.4. The van der Waals surface area contributed by atoms with Gasteiger partial charge in [-0.05, 0) is 20.2 Å². The van der Waals surface area contributed by atoms with Gasteiger partial charge in [-0.2, -0.15) is 4.98 Å². The fourth-order valence-electron chi connectivity index (χ4n) is 2.24. The molecule has 24 heavy (non-hydrogen) atoms. The second kappa shape index (κ2) is 6.59. The largest absolute Gasteiger partial charge is 0.368 e. The maximum absolute atomic E-state index is 11.0. The summed E-state index contributed by atoms with van der Waals surface area (Å²) in [5, 5.41) is 14.9. The molecule has 1 N–H and O–H groups in total. The van der Waals surface area contributed by atoms with Gasteiger partial charge in [0, 0.05) is 43.0 Å². The maximum Gasteiger partial charge on any atom is 0.270 e. The van der Waals surface area contributed by atoms with Gasteiger partial charge in [0.25, 0.3) is 5.69 Å². The summed E-state index contributed by atoms with van der Waals surface area (Å²) in [5.41, 5.74) is 0.642. The molecule has 0 atom stereocenters. The Morgan fingerprint density at radius 2 is 2.17 bits per heavy atom. The number of likely N-dealkylation sites (N-methyl/N-ethyl adjacent to an activating group) is 1. The first-order valence-corrected chi connectivity index (χ1v) is 7.38. The van der Waals surface area contributed by atoms with E-state index in [9.17, 15) is 10.1 Å². The lowest BCUT2D eigenvalue weighted by Crippen LogP contribution is -2.21. The van der Waals surface area contributed by atoms with Crippen LogP contribution in [0.25, 0.3) is 16.9 Å². The summed E-state index contributed by atoms with van der Waals surface area (Å²) in [6, 6.07) is 4.56. The molecule has 0 aliphatic rings. The molecular weight excluding hydrogens is 310 g/mol. The molecule has 124 valence electrons. The van der Waals surface area contributed by atoms with E-state index in [1.807, 2.05) is 19.0 Å². The Kier molecular flexibility index (Phi) is 4.34. The van der Waals surface area contributed by atoms with Crippen LogP contribution in [0.15, 0.2) is 36.9 Å². The lowest BCUT2D eigenvalue weighted by atomic mass is 10.2. The van der Waals surface area contributed by atoms with Crippen LogP contribution in [0.1, 0.15) is 0 Å². The van der Waals surface area contributed by atoms with Crippen molar-refractivity contribution >= 4 is 22.4 Å². The maximum atomic E-state index is 11.0. The van der Waals surface area contributed by atoms with E-state index in [0.29, 0.717) is 29.2 Å². The standard InChI is InChI=1S/C15H17N7O2/c1-20(2)7-6-17-14-12-9-11(22(23)24)3-4-13(12)18-15(19-14)21-8-5-16-10-21/h3-5,8-10H,6-7H2,1-2H3,(H,17,18,19). The molecule has 9 heteroatoms. The normalized spacial score (nSPS) is 11.1. The highest BCUT2D eigenvalue weighted by molar-refractivity contribution is 5.91. The highest BCUT2D eigenvalue weighted by Crippen LogP contribution is 2.26. The predicted molar refractivity (Wildman–Crippen MR) is 90.4 cm³/mol. The molecule has 0 unspecified atom stereocenters. The van der Waals surface area contributed by atoms with Crippen molar-refractivity contribution in [3.63, 3.8) is 0 Å². The van der Waals surface area contributed by atoms with Crippen molar-refractivity contribution in [3.8, 4) is 5.95 Å². The molecule has 3 aromatic rings. The number of nitrogens with one attached hydrogen (secondary N) is 1. The van der Waals surface area contributed by atoms with Gasteiger partial charge in [0.2, 0.25) is 5.95 Å². The van der Waals surface area contributed by atoms with Crippen LogP contribution < -0.4 is 5.32 Å². The number of anilines is 1. The first-order chi connectivity index (χ1) is 11.5. The van der Waals surface area contributed by atoms with Gasteiger partial charge < -0.3 is 10.2 Å². The molecule has 2 aromatic heterocycles. The number of hydrogen-bond acceptors (Lipinski definition) is 7. The average molecular weight is 327 g/mol. The van der Waals surface area contributed by atoms with Crippen molar-refractivity contribution in [2.24, 2.45) is 0 Å². The Balaban J connectivity index is 2.07. The molecule has 2 heterocycles. The minimum atomic E-state index is -0.424. The quantitative estimate of drug-likeness (QED) is 0.543. The van der Waals surface area contributed by atoms with Crippen LogP contribution in [0, 0.1) is 10.1 Å². The smallest absolute Gasteiger partial charge is 0.270 e. The molecule has 1 aromatic carbocycles. The minimum absolute atomic E-state index is 0.0112. The Morgan fingerprint density at radius 3 is 2.83 bits per heavy atom. The van der Waals surface area contributed by atoms with Crippen molar-refractivity contribution < 1.29 is 4.92 Å². The molecule has 9 nitrogen and oxygen atoms in total. The second-order valence-electron chi connectivity index (χ2n) is 5.53.